The summed E-state index contributed by atoms with van der Waals surface area (Å²) < 4.78 is 6.85. The summed E-state index contributed by atoms with van der Waals surface area (Å²) in [5.41, 5.74) is -0.301. The first-order chi connectivity index (χ1) is 11.6. The van der Waals surface area contributed by atoms with Crippen LogP contribution < -0.4 is 10.3 Å². The molecule has 0 radical (unpaired) electrons. The van der Waals surface area contributed by atoms with Gasteiger partial charge in [0.25, 0.3) is 5.56 Å². The number of hydrogen-bond donors (Lipinski definition) is 0. The number of aromatic nitrogens is 4. The Balaban J connectivity index is 1.60. The number of ether oxygens (including phenoxy) is 1. The highest BCUT2D eigenvalue weighted by atomic mass is 35.5. The standard InChI is InChI=1S/C15H16ClN5O3/c16-11-7-17-15(18-8-11)24-12-3-2-6-20(9-12)14(23)10-21-13(22)4-1-5-19-21/h1,4-5,7-8,12H,2-3,6,9-10H2/t12-/m0/s1. The molecular weight excluding hydrogens is 334 g/mol. The first-order valence-electron chi connectivity index (χ1n) is 7.56. The molecule has 1 amide bonds. The van der Waals surface area contributed by atoms with Crippen LogP contribution in [0.2, 0.25) is 5.02 Å². The van der Waals surface area contributed by atoms with Crippen LogP contribution in [-0.2, 0) is 11.3 Å². The van der Waals surface area contributed by atoms with E-state index in [0.29, 0.717) is 18.1 Å². The molecule has 2 aromatic rings. The maximum absolute atomic E-state index is 12.4. The molecule has 3 rings (SSSR count). The van der Waals surface area contributed by atoms with Gasteiger partial charge in [-0.1, -0.05) is 11.6 Å². The Hall–Kier alpha value is -2.48. The minimum Gasteiger partial charge on any atom is -0.458 e. The fourth-order valence-corrected chi connectivity index (χ4v) is 2.60. The molecule has 1 aliphatic rings. The summed E-state index contributed by atoms with van der Waals surface area (Å²) in [5.74, 6) is -0.166. The molecule has 3 heterocycles. The van der Waals surface area contributed by atoms with Crippen LogP contribution in [0.3, 0.4) is 0 Å². The monoisotopic (exact) mass is 349 g/mol. The third kappa shape index (κ3) is 4.08. The van der Waals surface area contributed by atoms with Crippen LogP contribution in [0, 0.1) is 0 Å². The Kier molecular flexibility index (Phi) is 5.05. The molecule has 0 saturated carbocycles. The molecule has 1 saturated heterocycles. The van der Waals surface area contributed by atoms with Crippen LogP contribution in [0.15, 0.2) is 35.5 Å². The predicted octanol–water partition coefficient (Wildman–Crippen LogP) is 0.757. The topological polar surface area (TPSA) is 90.2 Å². The minimum absolute atomic E-state index is 0.0795. The number of halogens is 1. The Morgan fingerprint density at radius 1 is 1.38 bits per heavy atom. The SMILES string of the molecule is O=C(Cn1ncccc1=O)N1CCC[C@H](Oc2ncc(Cl)cn2)C1. The van der Waals surface area contributed by atoms with Crippen LogP contribution >= 0.6 is 11.6 Å². The van der Waals surface area contributed by atoms with Crippen molar-refractivity contribution in [3.05, 3.63) is 46.1 Å². The van der Waals surface area contributed by atoms with Crippen molar-refractivity contribution in [1.29, 1.82) is 0 Å². The van der Waals surface area contributed by atoms with E-state index in [1.54, 1.807) is 11.0 Å². The van der Waals surface area contributed by atoms with Gasteiger partial charge in [-0.05, 0) is 18.9 Å². The predicted molar refractivity (Wildman–Crippen MR) is 85.8 cm³/mol. The number of piperidine rings is 1. The lowest BCUT2D eigenvalue weighted by atomic mass is 10.1. The van der Waals surface area contributed by atoms with Crippen LogP contribution in [0.25, 0.3) is 0 Å². The molecule has 0 spiro atoms. The van der Waals surface area contributed by atoms with Gasteiger partial charge in [-0.15, -0.1) is 0 Å². The molecule has 8 nitrogen and oxygen atoms in total. The molecule has 2 aromatic heterocycles. The highest BCUT2D eigenvalue weighted by Crippen LogP contribution is 2.16. The average Bonchev–Trinajstić information content (AvgIpc) is 2.59. The highest BCUT2D eigenvalue weighted by molar-refractivity contribution is 6.30. The molecule has 9 heteroatoms. The van der Waals surface area contributed by atoms with Crippen LogP contribution in [0.1, 0.15) is 12.8 Å². The first kappa shape index (κ1) is 16.4. The lowest BCUT2D eigenvalue weighted by molar-refractivity contribution is -0.134. The zero-order valence-corrected chi connectivity index (χ0v) is 13.6. The van der Waals surface area contributed by atoms with Gasteiger partial charge in [0.05, 0.1) is 24.0 Å². The van der Waals surface area contributed by atoms with Gasteiger partial charge in [0.1, 0.15) is 12.6 Å². The number of rotatable bonds is 4. The summed E-state index contributed by atoms with van der Waals surface area (Å²) in [6, 6.07) is 3.15. The lowest BCUT2D eigenvalue weighted by Crippen LogP contribution is -2.46. The number of amides is 1. The van der Waals surface area contributed by atoms with Gasteiger partial charge in [-0.3, -0.25) is 9.59 Å². The fraction of sp³-hybridized carbons (Fsp3) is 0.400. The summed E-state index contributed by atoms with van der Waals surface area (Å²) >= 11 is 5.74. The molecule has 1 atom stereocenters. The van der Waals surface area contributed by atoms with Crippen molar-refractivity contribution in [2.45, 2.75) is 25.5 Å². The quantitative estimate of drug-likeness (QED) is 0.809. The van der Waals surface area contributed by atoms with E-state index in [0.717, 1.165) is 17.5 Å². The smallest absolute Gasteiger partial charge is 0.316 e. The summed E-state index contributed by atoms with van der Waals surface area (Å²) in [7, 11) is 0. The number of carbonyl (C=O) groups is 1. The second-order valence-electron chi connectivity index (χ2n) is 5.43. The molecule has 24 heavy (non-hydrogen) atoms. The zero-order chi connectivity index (χ0) is 16.9. The molecular formula is C15H16ClN5O3. The van der Waals surface area contributed by atoms with E-state index < -0.39 is 0 Å². The van der Waals surface area contributed by atoms with Crippen molar-refractivity contribution in [3.8, 4) is 6.01 Å². The largest absolute Gasteiger partial charge is 0.458 e. The van der Waals surface area contributed by atoms with E-state index in [9.17, 15) is 9.59 Å². The van der Waals surface area contributed by atoms with E-state index in [-0.39, 0.29) is 30.1 Å². The molecule has 0 unspecified atom stereocenters. The Morgan fingerprint density at radius 3 is 2.92 bits per heavy atom. The fourth-order valence-electron chi connectivity index (χ4n) is 2.51. The number of hydrogen-bond acceptors (Lipinski definition) is 6. The third-order valence-corrected chi connectivity index (χ3v) is 3.87. The minimum atomic E-state index is -0.301. The van der Waals surface area contributed by atoms with Gasteiger partial charge in [0.2, 0.25) is 5.91 Å². The maximum Gasteiger partial charge on any atom is 0.316 e. The van der Waals surface area contributed by atoms with Crippen molar-refractivity contribution in [1.82, 2.24) is 24.6 Å². The van der Waals surface area contributed by atoms with Gasteiger partial charge in [0, 0.05) is 18.8 Å². The summed E-state index contributed by atoms with van der Waals surface area (Å²) in [6.07, 6.45) is 5.82. The van der Waals surface area contributed by atoms with E-state index in [2.05, 4.69) is 15.1 Å². The van der Waals surface area contributed by atoms with Gasteiger partial charge in [0.15, 0.2) is 0 Å². The van der Waals surface area contributed by atoms with Crippen LogP contribution in [-0.4, -0.2) is 49.7 Å². The second kappa shape index (κ2) is 7.39. The molecule has 1 fully saturated rings. The number of likely N-dealkylation sites (tertiary alicyclic amines) is 1. The highest BCUT2D eigenvalue weighted by Gasteiger charge is 2.25. The zero-order valence-electron chi connectivity index (χ0n) is 12.8. The average molecular weight is 350 g/mol. The van der Waals surface area contributed by atoms with Crippen molar-refractivity contribution in [3.63, 3.8) is 0 Å². The summed E-state index contributed by atoms with van der Waals surface area (Å²) in [4.78, 5) is 33.7. The molecule has 0 N–H and O–H groups in total. The molecule has 0 aromatic carbocycles. The second-order valence-corrected chi connectivity index (χ2v) is 5.86. The van der Waals surface area contributed by atoms with Gasteiger partial charge < -0.3 is 9.64 Å². The Bertz CT molecular complexity index is 764. The molecule has 0 bridgehead atoms. The normalized spacial score (nSPS) is 17.5. The summed E-state index contributed by atoms with van der Waals surface area (Å²) in [5, 5.41) is 4.33. The van der Waals surface area contributed by atoms with Crippen molar-refractivity contribution in [2.75, 3.05) is 13.1 Å². The van der Waals surface area contributed by atoms with E-state index >= 15 is 0 Å². The summed E-state index contributed by atoms with van der Waals surface area (Å²) in [6.45, 7) is 0.970. The Labute approximate surface area is 143 Å². The van der Waals surface area contributed by atoms with Gasteiger partial charge in [-0.25, -0.2) is 14.6 Å². The lowest BCUT2D eigenvalue weighted by Gasteiger charge is -2.32. The van der Waals surface area contributed by atoms with Crippen LogP contribution in [0.5, 0.6) is 6.01 Å². The van der Waals surface area contributed by atoms with Crippen molar-refractivity contribution in [2.24, 2.45) is 0 Å². The van der Waals surface area contributed by atoms with Gasteiger partial charge >= 0.3 is 6.01 Å². The number of nitrogens with zero attached hydrogens (tertiary/aromatic N) is 5. The van der Waals surface area contributed by atoms with Crippen molar-refractivity contribution < 1.29 is 9.53 Å². The molecule has 126 valence electrons. The first-order valence-corrected chi connectivity index (χ1v) is 7.94. The van der Waals surface area contributed by atoms with Crippen LogP contribution in [0.4, 0.5) is 0 Å². The van der Waals surface area contributed by atoms with E-state index in [1.165, 1.54) is 24.7 Å². The van der Waals surface area contributed by atoms with Crippen molar-refractivity contribution >= 4 is 17.5 Å². The van der Waals surface area contributed by atoms with E-state index in [1.807, 2.05) is 0 Å². The third-order valence-electron chi connectivity index (χ3n) is 3.67. The Morgan fingerprint density at radius 2 is 2.17 bits per heavy atom. The number of carbonyl (C=O) groups excluding carboxylic acids is 1. The van der Waals surface area contributed by atoms with E-state index in [4.69, 9.17) is 16.3 Å². The molecule has 1 aliphatic heterocycles. The maximum atomic E-state index is 12.4. The molecule has 0 aliphatic carbocycles. The van der Waals surface area contributed by atoms with Gasteiger partial charge in [-0.2, -0.15) is 5.10 Å².